The molecule has 1 aliphatic carbocycles. The van der Waals surface area contributed by atoms with Gasteiger partial charge in [0.25, 0.3) is 5.95 Å². The third-order valence-electron chi connectivity index (χ3n) is 5.86. The van der Waals surface area contributed by atoms with Crippen LogP contribution in [0, 0.1) is 0 Å². The molecule has 0 unspecified atom stereocenters. The van der Waals surface area contributed by atoms with E-state index in [1.54, 1.807) is 6.07 Å². The van der Waals surface area contributed by atoms with Gasteiger partial charge in [-0.1, -0.05) is 52.0 Å². The average Bonchev–Trinajstić information content (AvgIpc) is 3.05. The van der Waals surface area contributed by atoms with Gasteiger partial charge >= 0.3 is 6.16 Å². The van der Waals surface area contributed by atoms with Crippen molar-refractivity contribution in [1.29, 1.82) is 0 Å². The molecule has 4 rings (SSSR count). The zero-order valence-electron chi connectivity index (χ0n) is 16.1. The lowest BCUT2D eigenvalue weighted by Crippen LogP contribution is -2.33. The van der Waals surface area contributed by atoms with Crippen molar-refractivity contribution < 1.29 is 19.1 Å². The van der Waals surface area contributed by atoms with Crippen molar-refractivity contribution in [3.63, 3.8) is 0 Å². The summed E-state index contributed by atoms with van der Waals surface area (Å²) in [4.78, 5) is 10.7. The summed E-state index contributed by atoms with van der Waals surface area (Å²) in [5, 5.41) is 11.1. The van der Waals surface area contributed by atoms with Crippen LogP contribution in [0.15, 0.2) is 46.9 Å². The number of ether oxygens (including phenoxy) is 1. The Morgan fingerprint density at radius 2 is 1.56 bits per heavy atom. The van der Waals surface area contributed by atoms with E-state index in [4.69, 9.17) is 9.52 Å². The largest absolute Gasteiger partial charge is 0.513 e. The molecule has 0 spiro atoms. The predicted octanol–water partition coefficient (Wildman–Crippen LogP) is 6.51. The van der Waals surface area contributed by atoms with E-state index in [1.807, 2.05) is 6.07 Å². The third-order valence-corrected chi connectivity index (χ3v) is 5.86. The van der Waals surface area contributed by atoms with Gasteiger partial charge in [0.1, 0.15) is 5.76 Å². The van der Waals surface area contributed by atoms with Gasteiger partial charge in [-0.3, -0.25) is 0 Å². The smallest absolute Gasteiger partial charge is 0.449 e. The number of furan rings is 1. The summed E-state index contributed by atoms with van der Waals surface area (Å²) in [5.74, 6) is 0.566. The molecule has 1 aliphatic rings. The Morgan fingerprint density at radius 3 is 2.19 bits per heavy atom. The molecule has 1 N–H and O–H groups in total. The summed E-state index contributed by atoms with van der Waals surface area (Å²) >= 11 is 0. The van der Waals surface area contributed by atoms with Crippen LogP contribution in [0.25, 0.3) is 22.1 Å². The van der Waals surface area contributed by atoms with Crippen molar-refractivity contribution in [1.82, 2.24) is 0 Å². The topological polar surface area (TPSA) is 59.7 Å². The van der Waals surface area contributed by atoms with Gasteiger partial charge in [-0.2, -0.15) is 0 Å². The summed E-state index contributed by atoms with van der Waals surface area (Å²) in [6, 6.07) is 14.1. The zero-order chi connectivity index (χ0) is 19.4. The number of rotatable bonds is 2. The van der Waals surface area contributed by atoms with E-state index in [9.17, 15) is 4.79 Å². The van der Waals surface area contributed by atoms with E-state index >= 15 is 0 Å². The number of hydrogen-bond donors (Lipinski definition) is 1. The van der Waals surface area contributed by atoms with Crippen LogP contribution in [0.2, 0.25) is 0 Å². The molecule has 140 valence electrons. The molecule has 4 nitrogen and oxygen atoms in total. The summed E-state index contributed by atoms with van der Waals surface area (Å²) < 4.78 is 10.1. The summed E-state index contributed by atoms with van der Waals surface area (Å²) in [5.41, 5.74) is 4.09. The lowest BCUT2D eigenvalue weighted by atomic mass is 9.63. The summed E-state index contributed by atoms with van der Waals surface area (Å²) in [6.07, 6.45) is 0.979. The number of fused-ring (bicyclic) bond motifs is 2. The number of carboxylic acid groups (broad SMARTS) is 1. The van der Waals surface area contributed by atoms with Crippen LogP contribution in [0.5, 0.6) is 5.95 Å². The molecule has 4 heteroatoms. The van der Waals surface area contributed by atoms with E-state index in [0.717, 1.165) is 10.9 Å². The first-order valence-electron chi connectivity index (χ1n) is 9.25. The number of hydrogen-bond acceptors (Lipinski definition) is 3. The predicted molar refractivity (Wildman–Crippen MR) is 106 cm³/mol. The minimum Gasteiger partial charge on any atom is -0.449 e. The highest BCUT2D eigenvalue weighted by molar-refractivity contribution is 5.88. The molecule has 0 aliphatic heterocycles. The average molecular weight is 364 g/mol. The second-order valence-corrected chi connectivity index (χ2v) is 8.71. The highest BCUT2D eigenvalue weighted by Gasteiger charge is 2.37. The monoisotopic (exact) mass is 364 g/mol. The molecule has 3 aromatic rings. The second-order valence-electron chi connectivity index (χ2n) is 8.71. The van der Waals surface area contributed by atoms with Crippen LogP contribution in [0.3, 0.4) is 0 Å². The molecule has 27 heavy (non-hydrogen) atoms. The molecule has 1 heterocycles. The minimum absolute atomic E-state index is 0.0223. The molecule has 2 aromatic carbocycles. The molecular formula is C23H24O4. The number of benzene rings is 2. The van der Waals surface area contributed by atoms with Crippen molar-refractivity contribution in [2.24, 2.45) is 0 Å². The highest BCUT2D eigenvalue weighted by atomic mass is 16.7. The molecule has 0 fully saturated rings. The zero-order valence-corrected chi connectivity index (χ0v) is 16.1. The maximum Gasteiger partial charge on any atom is 0.513 e. The van der Waals surface area contributed by atoms with Gasteiger partial charge in [0.2, 0.25) is 0 Å². The highest BCUT2D eigenvalue weighted by Crippen LogP contribution is 2.47. The fourth-order valence-corrected chi connectivity index (χ4v) is 4.08. The molecule has 0 amide bonds. The van der Waals surface area contributed by atoms with Gasteiger partial charge in [-0.15, -0.1) is 0 Å². The Bertz CT molecular complexity index is 1040. The van der Waals surface area contributed by atoms with Crippen LogP contribution in [0.1, 0.15) is 51.7 Å². The second kappa shape index (κ2) is 5.88. The first kappa shape index (κ1) is 17.7. The number of carbonyl (C=O) groups is 1. The maximum absolute atomic E-state index is 10.7. The molecular weight excluding hydrogens is 340 g/mol. The van der Waals surface area contributed by atoms with Gasteiger partial charge in [0.05, 0.1) is 0 Å². The van der Waals surface area contributed by atoms with E-state index in [1.165, 1.54) is 35.4 Å². The Balaban J connectivity index is 1.81. The van der Waals surface area contributed by atoms with Gasteiger partial charge in [0.15, 0.2) is 0 Å². The Labute approximate surface area is 158 Å². The first-order chi connectivity index (χ1) is 12.7. The van der Waals surface area contributed by atoms with Crippen LogP contribution >= 0.6 is 0 Å². The van der Waals surface area contributed by atoms with Gasteiger partial charge < -0.3 is 14.3 Å². The van der Waals surface area contributed by atoms with Crippen LogP contribution < -0.4 is 4.74 Å². The summed E-state index contributed by atoms with van der Waals surface area (Å²) in [7, 11) is 0. The Kier molecular flexibility index (Phi) is 3.84. The maximum atomic E-state index is 10.7. The summed E-state index contributed by atoms with van der Waals surface area (Å²) in [6.45, 7) is 9.29. The molecule has 1 aromatic heterocycles. The normalized spacial score (nSPS) is 17.5. The van der Waals surface area contributed by atoms with Gasteiger partial charge in [-0.05, 0) is 57.7 Å². The van der Waals surface area contributed by atoms with Crippen molar-refractivity contribution in [3.05, 3.63) is 53.6 Å². The third kappa shape index (κ3) is 3.09. The SMILES string of the molecule is CC1(C)CCC(C)(C)c2cc3cc(-c4ccc(OC(=O)O)o4)ccc3cc21. The van der Waals surface area contributed by atoms with Crippen molar-refractivity contribution in [2.75, 3.05) is 0 Å². The van der Waals surface area contributed by atoms with E-state index < -0.39 is 6.16 Å². The van der Waals surface area contributed by atoms with E-state index in [2.05, 4.69) is 56.7 Å². The molecule has 0 bridgehead atoms. The minimum atomic E-state index is -1.38. The fourth-order valence-electron chi connectivity index (χ4n) is 4.08. The standard InChI is InChI=1S/C23H24O4/c1-22(2)9-10-23(3,4)18-13-16-11-15(6-5-14(16)12-17(18)22)19-7-8-20(26-19)27-21(24)25/h5-8,11-13H,9-10H2,1-4H3,(H,24,25). The van der Waals surface area contributed by atoms with Crippen molar-refractivity contribution in [2.45, 2.75) is 51.4 Å². The quantitative estimate of drug-likeness (QED) is 0.527. The Hall–Kier alpha value is -2.75. The van der Waals surface area contributed by atoms with E-state index in [0.29, 0.717) is 5.76 Å². The molecule has 0 radical (unpaired) electrons. The van der Waals surface area contributed by atoms with Gasteiger partial charge in [-0.25, -0.2) is 4.79 Å². The Morgan fingerprint density at radius 1 is 0.926 bits per heavy atom. The van der Waals surface area contributed by atoms with Crippen LogP contribution in [-0.2, 0) is 10.8 Å². The lowest BCUT2D eigenvalue weighted by Gasteiger charge is -2.42. The van der Waals surface area contributed by atoms with Crippen molar-refractivity contribution in [3.8, 4) is 17.3 Å². The van der Waals surface area contributed by atoms with Crippen LogP contribution in [0.4, 0.5) is 4.79 Å². The van der Waals surface area contributed by atoms with E-state index in [-0.39, 0.29) is 16.8 Å². The fraction of sp³-hybridized carbons (Fsp3) is 0.348. The lowest BCUT2D eigenvalue weighted by molar-refractivity contribution is 0.133. The van der Waals surface area contributed by atoms with Crippen LogP contribution in [-0.4, -0.2) is 11.3 Å². The van der Waals surface area contributed by atoms with Crippen molar-refractivity contribution >= 4 is 16.9 Å². The molecule has 0 atom stereocenters. The molecule has 0 saturated carbocycles. The van der Waals surface area contributed by atoms with Gasteiger partial charge in [0, 0.05) is 11.6 Å². The molecule has 0 saturated heterocycles. The first-order valence-corrected chi connectivity index (χ1v) is 9.25.